The lowest BCUT2D eigenvalue weighted by molar-refractivity contribution is -0.122. The number of pyridine rings is 2. The van der Waals surface area contributed by atoms with Crippen LogP contribution in [0.15, 0.2) is 73.3 Å². The van der Waals surface area contributed by atoms with E-state index < -0.39 is 0 Å². The van der Waals surface area contributed by atoms with Crippen molar-refractivity contribution in [1.29, 1.82) is 0 Å². The van der Waals surface area contributed by atoms with Gasteiger partial charge in [0.15, 0.2) is 0 Å². The Labute approximate surface area is 151 Å². The summed E-state index contributed by atoms with van der Waals surface area (Å²) in [5.41, 5.74) is 3.02. The highest BCUT2D eigenvalue weighted by atomic mass is 35.5. The van der Waals surface area contributed by atoms with E-state index in [1.807, 2.05) is 48.5 Å². The van der Waals surface area contributed by atoms with Crippen LogP contribution in [0.2, 0.25) is 5.02 Å². The average Bonchev–Trinajstić information content (AvgIpc) is 2.67. The second kappa shape index (κ2) is 8.40. The van der Waals surface area contributed by atoms with E-state index in [4.69, 9.17) is 11.6 Å². The maximum absolute atomic E-state index is 12.8. The normalized spacial score (nSPS) is 11.7. The molecule has 1 unspecified atom stereocenters. The topological polar surface area (TPSA) is 54.9 Å². The molecule has 1 atom stereocenters. The van der Waals surface area contributed by atoms with Gasteiger partial charge >= 0.3 is 0 Å². The summed E-state index contributed by atoms with van der Waals surface area (Å²) in [5, 5.41) is 3.67. The molecule has 2 aromatic heterocycles. The van der Waals surface area contributed by atoms with Gasteiger partial charge in [0.2, 0.25) is 5.91 Å². The summed E-state index contributed by atoms with van der Waals surface area (Å²) in [5.74, 6) is -0.308. The number of amides is 1. The number of hydrogen-bond acceptors (Lipinski definition) is 3. The van der Waals surface area contributed by atoms with Crippen molar-refractivity contribution in [2.45, 2.75) is 18.9 Å². The summed E-state index contributed by atoms with van der Waals surface area (Å²) >= 11 is 5.98. The fourth-order valence-electron chi connectivity index (χ4n) is 2.62. The Bertz CT molecular complexity index is 807. The summed E-state index contributed by atoms with van der Waals surface area (Å²) in [6.07, 6.45) is 7.52. The second-order valence-corrected chi connectivity index (χ2v) is 6.17. The minimum Gasteiger partial charge on any atom is -0.351 e. The minimum absolute atomic E-state index is 0.0176. The first-order chi connectivity index (χ1) is 12.2. The Morgan fingerprint density at radius 3 is 2.04 bits per heavy atom. The van der Waals surface area contributed by atoms with Crippen LogP contribution in [0.5, 0.6) is 0 Å². The number of carbonyl (C=O) groups excluding carboxylic acids is 1. The summed E-state index contributed by atoms with van der Waals surface area (Å²) in [4.78, 5) is 20.9. The molecule has 0 radical (unpaired) electrons. The van der Waals surface area contributed by atoms with E-state index in [0.717, 1.165) is 16.7 Å². The third kappa shape index (κ3) is 4.88. The number of nitrogens with one attached hydrogen (secondary N) is 1. The van der Waals surface area contributed by atoms with Crippen LogP contribution in [-0.4, -0.2) is 15.9 Å². The van der Waals surface area contributed by atoms with Crippen molar-refractivity contribution in [3.63, 3.8) is 0 Å². The van der Waals surface area contributed by atoms with Crippen LogP contribution < -0.4 is 5.32 Å². The molecule has 0 aliphatic rings. The number of benzene rings is 1. The molecule has 0 fully saturated rings. The van der Waals surface area contributed by atoms with E-state index in [0.29, 0.717) is 18.0 Å². The number of rotatable bonds is 6. The smallest absolute Gasteiger partial charge is 0.228 e. The first kappa shape index (κ1) is 17.1. The van der Waals surface area contributed by atoms with Gasteiger partial charge in [0.1, 0.15) is 0 Å². The Morgan fingerprint density at radius 2 is 1.44 bits per heavy atom. The first-order valence-corrected chi connectivity index (χ1v) is 8.41. The van der Waals surface area contributed by atoms with E-state index in [9.17, 15) is 4.79 Å². The highest BCUT2D eigenvalue weighted by Crippen LogP contribution is 2.23. The van der Waals surface area contributed by atoms with Gasteiger partial charge in [-0.1, -0.05) is 23.7 Å². The van der Waals surface area contributed by atoms with Gasteiger partial charge in [-0.3, -0.25) is 14.8 Å². The maximum atomic E-state index is 12.8. The van der Waals surface area contributed by atoms with Crippen LogP contribution in [0.4, 0.5) is 0 Å². The average molecular weight is 352 g/mol. The maximum Gasteiger partial charge on any atom is 0.228 e. The predicted octanol–water partition coefficient (Wildman–Crippen LogP) is 3.77. The standard InChI is InChI=1S/C20H18ClN3O/c21-18-3-1-17(2-4-18)19(13-15-5-9-22-10-6-15)20(25)24-14-16-7-11-23-12-8-16/h1-12,19H,13-14H2,(H,24,25). The van der Waals surface area contributed by atoms with Crippen LogP contribution in [0.25, 0.3) is 0 Å². The lowest BCUT2D eigenvalue weighted by atomic mass is 9.91. The zero-order valence-electron chi connectivity index (χ0n) is 13.6. The van der Waals surface area contributed by atoms with Crippen molar-refractivity contribution in [3.8, 4) is 0 Å². The molecule has 3 rings (SSSR count). The SMILES string of the molecule is O=C(NCc1ccncc1)C(Cc1ccncc1)c1ccc(Cl)cc1. The lowest BCUT2D eigenvalue weighted by Crippen LogP contribution is -2.30. The number of aromatic nitrogens is 2. The molecule has 1 amide bonds. The lowest BCUT2D eigenvalue weighted by Gasteiger charge is -2.18. The molecule has 0 aliphatic heterocycles. The molecule has 5 heteroatoms. The molecule has 4 nitrogen and oxygen atoms in total. The van der Waals surface area contributed by atoms with Crippen molar-refractivity contribution in [3.05, 3.63) is 95.0 Å². The van der Waals surface area contributed by atoms with Crippen LogP contribution in [0.1, 0.15) is 22.6 Å². The third-order valence-electron chi connectivity index (χ3n) is 3.99. The quantitative estimate of drug-likeness (QED) is 0.735. The van der Waals surface area contributed by atoms with Gasteiger partial charge in [-0.05, 0) is 59.5 Å². The fourth-order valence-corrected chi connectivity index (χ4v) is 2.75. The number of halogens is 1. The molecule has 0 saturated carbocycles. The van der Waals surface area contributed by atoms with Gasteiger partial charge in [-0.2, -0.15) is 0 Å². The third-order valence-corrected chi connectivity index (χ3v) is 4.25. The van der Waals surface area contributed by atoms with Crippen molar-refractivity contribution in [2.24, 2.45) is 0 Å². The van der Waals surface area contributed by atoms with Gasteiger partial charge in [-0.25, -0.2) is 0 Å². The molecule has 1 N–H and O–H groups in total. The van der Waals surface area contributed by atoms with E-state index in [1.54, 1.807) is 24.8 Å². The molecular weight excluding hydrogens is 334 g/mol. The Morgan fingerprint density at radius 1 is 0.880 bits per heavy atom. The monoisotopic (exact) mass is 351 g/mol. The molecule has 0 aliphatic carbocycles. The predicted molar refractivity (Wildman–Crippen MR) is 98.2 cm³/mol. The van der Waals surface area contributed by atoms with Crippen molar-refractivity contribution < 1.29 is 4.79 Å². The molecule has 1 aromatic carbocycles. The summed E-state index contributed by atoms with van der Waals surface area (Å²) in [6.45, 7) is 0.474. The zero-order chi connectivity index (χ0) is 17.5. The fraction of sp³-hybridized carbons (Fsp3) is 0.150. The Hall–Kier alpha value is -2.72. The molecule has 2 heterocycles. The van der Waals surface area contributed by atoms with Crippen LogP contribution in [0.3, 0.4) is 0 Å². The molecule has 25 heavy (non-hydrogen) atoms. The Kier molecular flexibility index (Phi) is 5.75. The van der Waals surface area contributed by atoms with Crippen molar-refractivity contribution >= 4 is 17.5 Å². The first-order valence-electron chi connectivity index (χ1n) is 8.03. The van der Waals surface area contributed by atoms with E-state index in [2.05, 4.69) is 15.3 Å². The largest absolute Gasteiger partial charge is 0.351 e. The van der Waals surface area contributed by atoms with Gasteiger partial charge < -0.3 is 5.32 Å². The summed E-state index contributed by atoms with van der Waals surface area (Å²) < 4.78 is 0. The van der Waals surface area contributed by atoms with Crippen LogP contribution in [-0.2, 0) is 17.8 Å². The van der Waals surface area contributed by atoms with Gasteiger partial charge in [0.05, 0.1) is 5.92 Å². The van der Waals surface area contributed by atoms with Crippen LogP contribution in [0, 0.1) is 0 Å². The van der Waals surface area contributed by atoms with Gasteiger partial charge in [-0.15, -0.1) is 0 Å². The van der Waals surface area contributed by atoms with Gasteiger partial charge in [0.25, 0.3) is 0 Å². The highest BCUT2D eigenvalue weighted by molar-refractivity contribution is 6.30. The van der Waals surface area contributed by atoms with Crippen molar-refractivity contribution in [1.82, 2.24) is 15.3 Å². The number of carbonyl (C=O) groups is 1. The molecule has 0 bridgehead atoms. The summed E-state index contributed by atoms with van der Waals surface area (Å²) in [6, 6.07) is 15.1. The molecule has 126 valence electrons. The Balaban J connectivity index is 1.77. The second-order valence-electron chi connectivity index (χ2n) is 5.74. The zero-order valence-corrected chi connectivity index (χ0v) is 14.4. The molecule has 0 spiro atoms. The van der Waals surface area contributed by atoms with E-state index >= 15 is 0 Å². The minimum atomic E-state index is -0.290. The molecule has 3 aromatic rings. The van der Waals surface area contributed by atoms with E-state index in [1.165, 1.54) is 0 Å². The molecule has 0 saturated heterocycles. The number of hydrogen-bond donors (Lipinski definition) is 1. The highest BCUT2D eigenvalue weighted by Gasteiger charge is 2.21. The van der Waals surface area contributed by atoms with Gasteiger partial charge in [0, 0.05) is 36.4 Å². The van der Waals surface area contributed by atoms with Crippen LogP contribution >= 0.6 is 11.6 Å². The molecular formula is C20H18ClN3O. The summed E-state index contributed by atoms with van der Waals surface area (Å²) in [7, 11) is 0. The van der Waals surface area contributed by atoms with E-state index in [-0.39, 0.29) is 11.8 Å². The number of nitrogens with zero attached hydrogens (tertiary/aromatic N) is 2. The van der Waals surface area contributed by atoms with Crippen molar-refractivity contribution in [2.75, 3.05) is 0 Å².